The van der Waals surface area contributed by atoms with Crippen molar-refractivity contribution in [1.82, 2.24) is 20.9 Å². The minimum atomic E-state index is 0.165. The van der Waals surface area contributed by atoms with Crippen molar-refractivity contribution >= 4 is 5.91 Å². The summed E-state index contributed by atoms with van der Waals surface area (Å²) in [5, 5.41) is 10.3. The zero-order chi connectivity index (χ0) is 18.6. The number of rotatable bonds is 19. The molecule has 0 aliphatic carbocycles. The van der Waals surface area contributed by atoms with Crippen LogP contribution in [0.4, 0.5) is 0 Å². The van der Waals surface area contributed by atoms with E-state index < -0.39 is 0 Å². The molecule has 0 spiro atoms. The molecule has 25 heavy (non-hydrogen) atoms. The molecule has 0 unspecified atom stereocenters. The predicted octanol–water partition coefficient (Wildman–Crippen LogP) is -0.138. The Kier molecular flexibility index (Phi) is 19.0. The second-order valence-electron chi connectivity index (χ2n) is 6.45. The summed E-state index contributed by atoms with van der Waals surface area (Å²) in [6.07, 6.45) is 6.33. The minimum Gasteiger partial charge on any atom is -0.343 e. The first-order valence-electron chi connectivity index (χ1n) is 10.00. The van der Waals surface area contributed by atoms with Gasteiger partial charge in [-0.2, -0.15) is 0 Å². The lowest BCUT2D eigenvalue weighted by atomic mass is 10.2. The van der Waals surface area contributed by atoms with Gasteiger partial charge in [-0.25, -0.2) is 0 Å². The Morgan fingerprint density at radius 2 is 1.12 bits per heavy atom. The second-order valence-corrected chi connectivity index (χ2v) is 6.45. The molecule has 0 aromatic rings. The lowest BCUT2D eigenvalue weighted by Crippen LogP contribution is -2.33. The van der Waals surface area contributed by atoms with E-state index in [9.17, 15) is 4.79 Å². The molecule has 0 aromatic carbocycles. The van der Waals surface area contributed by atoms with E-state index in [4.69, 9.17) is 11.5 Å². The van der Waals surface area contributed by atoms with E-state index in [2.05, 4.69) is 16.0 Å². The third-order valence-electron chi connectivity index (χ3n) is 4.08. The van der Waals surface area contributed by atoms with Gasteiger partial charge in [-0.1, -0.05) is 0 Å². The van der Waals surface area contributed by atoms with Crippen LogP contribution in [0.15, 0.2) is 0 Å². The average molecular weight is 359 g/mol. The molecule has 0 atom stereocenters. The highest BCUT2D eigenvalue weighted by Crippen LogP contribution is 1.97. The Morgan fingerprint density at radius 3 is 1.60 bits per heavy atom. The van der Waals surface area contributed by atoms with Crippen LogP contribution in [0.2, 0.25) is 0 Å². The largest absolute Gasteiger partial charge is 0.343 e. The zero-order valence-corrected chi connectivity index (χ0v) is 16.3. The molecule has 0 aliphatic rings. The molecule has 0 rings (SSSR count). The van der Waals surface area contributed by atoms with Crippen molar-refractivity contribution in [3.8, 4) is 0 Å². The van der Waals surface area contributed by atoms with E-state index >= 15 is 0 Å². The van der Waals surface area contributed by atoms with Gasteiger partial charge in [0.25, 0.3) is 0 Å². The van der Waals surface area contributed by atoms with Gasteiger partial charge in [-0.3, -0.25) is 4.79 Å². The van der Waals surface area contributed by atoms with Crippen molar-refractivity contribution in [2.75, 3.05) is 65.4 Å². The fourth-order valence-electron chi connectivity index (χ4n) is 2.55. The van der Waals surface area contributed by atoms with Gasteiger partial charge < -0.3 is 32.3 Å². The number of nitrogens with two attached hydrogens (primary N) is 2. The van der Waals surface area contributed by atoms with Crippen molar-refractivity contribution in [1.29, 1.82) is 0 Å². The standard InChI is InChI=1S/C18H42N6O/c1-18(25)24(16-3-2-8-19)17-7-15-23-14-6-13-22-12-5-11-21-10-4-9-20/h21-23H,2-17,19-20H2,1H3. The van der Waals surface area contributed by atoms with Crippen molar-refractivity contribution in [2.24, 2.45) is 11.5 Å². The van der Waals surface area contributed by atoms with Crippen LogP contribution < -0.4 is 27.4 Å². The van der Waals surface area contributed by atoms with Gasteiger partial charge in [0.05, 0.1) is 0 Å². The summed E-state index contributed by atoms with van der Waals surface area (Å²) in [6, 6.07) is 0. The van der Waals surface area contributed by atoms with Crippen LogP contribution in [0.3, 0.4) is 0 Å². The highest BCUT2D eigenvalue weighted by molar-refractivity contribution is 5.73. The number of amides is 1. The quantitative estimate of drug-likeness (QED) is 0.206. The van der Waals surface area contributed by atoms with Gasteiger partial charge in [0.2, 0.25) is 5.91 Å². The molecule has 7 heteroatoms. The molecule has 150 valence electrons. The Hall–Kier alpha value is -0.730. The lowest BCUT2D eigenvalue weighted by Gasteiger charge is -2.21. The Morgan fingerprint density at radius 1 is 0.680 bits per heavy atom. The Labute approximate surface area is 154 Å². The highest BCUT2D eigenvalue weighted by Gasteiger charge is 2.06. The Bertz CT molecular complexity index is 291. The van der Waals surface area contributed by atoms with E-state index in [0.29, 0.717) is 6.54 Å². The maximum atomic E-state index is 11.6. The lowest BCUT2D eigenvalue weighted by molar-refractivity contribution is -0.129. The Balaban J connectivity index is 3.30. The molecule has 0 saturated heterocycles. The molecule has 0 radical (unpaired) electrons. The summed E-state index contributed by atoms with van der Waals surface area (Å²) < 4.78 is 0. The molecular formula is C18H42N6O. The van der Waals surface area contributed by atoms with Gasteiger partial charge in [0, 0.05) is 20.0 Å². The highest BCUT2D eigenvalue weighted by atomic mass is 16.2. The molecule has 0 saturated carbocycles. The van der Waals surface area contributed by atoms with Gasteiger partial charge >= 0.3 is 0 Å². The first-order chi connectivity index (χ1) is 12.2. The topological polar surface area (TPSA) is 108 Å². The van der Waals surface area contributed by atoms with Gasteiger partial charge in [-0.05, 0) is 90.9 Å². The van der Waals surface area contributed by atoms with Crippen LogP contribution >= 0.6 is 0 Å². The SMILES string of the molecule is CC(=O)N(CCCCN)CCCNCCCNCCCNCCCN. The van der Waals surface area contributed by atoms with Gasteiger partial charge in [0.1, 0.15) is 0 Å². The molecule has 0 aliphatic heterocycles. The minimum absolute atomic E-state index is 0.165. The van der Waals surface area contributed by atoms with Crippen molar-refractivity contribution in [3.05, 3.63) is 0 Å². The van der Waals surface area contributed by atoms with Crippen molar-refractivity contribution in [3.63, 3.8) is 0 Å². The van der Waals surface area contributed by atoms with Crippen LogP contribution in [-0.2, 0) is 4.79 Å². The van der Waals surface area contributed by atoms with E-state index in [0.717, 1.165) is 97.4 Å². The number of hydrogen-bond donors (Lipinski definition) is 5. The number of unbranched alkanes of at least 4 members (excludes halogenated alkanes) is 1. The molecule has 1 amide bonds. The van der Waals surface area contributed by atoms with E-state index in [1.807, 2.05) is 4.90 Å². The monoisotopic (exact) mass is 358 g/mol. The zero-order valence-electron chi connectivity index (χ0n) is 16.3. The number of carbonyl (C=O) groups excluding carboxylic acids is 1. The van der Waals surface area contributed by atoms with Gasteiger partial charge in [-0.15, -0.1) is 0 Å². The third-order valence-corrected chi connectivity index (χ3v) is 4.08. The second kappa shape index (κ2) is 19.6. The molecule has 0 fully saturated rings. The first-order valence-corrected chi connectivity index (χ1v) is 10.00. The summed E-state index contributed by atoms with van der Waals surface area (Å²) in [5.41, 5.74) is 10.9. The summed E-state index contributed by atoms with van der Waals surface area (Å²) in [6.45, 7) is 11.0. The normalized spacial score (nSPS) is 11.0. The fourth-order valence-corrected chi connectivity index (χ4v) is 2.55. The summed E-state index contributed by atoms with van der Waals surface area (Å²) >= 11 is 0. The predicted molar refractivity (Wildman–Crippen MR) is 107 cm³/mol. The molecular weight excluding hydrogens is 316 g/mol. The molecule has 7 nitrogen and oxygen atoms in total. The molecule has 0 heterocycles. The first kappa shape index (κ1) is 24.3. The third kappa shape index (κ3) is 17.9. The number of carbonyl (C=O) groups is 1. The van der Waals surface area contributed by atoms with Crippen LogP contribution in [0.25, 0.3) is 0 Å². The van der Waals surface area contributed by atoms with E-state index in [1.54, 1.807) is 6.92 Å². The summed E-state index contributed by atoms with van der Waals surface area (Å²) in [5.74, 6) is 0.165. The summed E-state index contributed by atoms with van der Waals surface area (Å²) in [4.78, 5) is 13.5. The van der Waals surface area contributed by atoms with E-state index in [-0.39, 0.29) is 5.91 Å². The van der Waals surface area contributed by atoms with Crippen molar-refractivity contribution in [2.45, 2.75) is 45.4 Å². The fraction of sp³-hybridized carbons (Fsp3) is 0.944. The van der Waals surface area contributed by atoms with Crippen LogP contribution in [0.5, 0.6) is 0 Å². The number of nitrogens with zero attached hydrogens (tertiary/aromatic N) is 1. The van der Waals surface area contributed by atoms with E-state index in [1.165, 1.54) is 0 Å². The van der Waals surface area contributed by atoms with Crippen molar-refractivity contribution < 1.29 is 4.79 Å². The molecule has 0 bridgehead atoms. The molecule has 7 N–H and O–H groups in total. The maximum Gasteiger partial charge on any atom is 0.219 e. The average Bonchev–Trinajstić information content (AvgIpc) is 2.60. The smallest absolute Gasteiger partial charge is 0.219 e. The van der Waals surface area contributed by atoms with Crippen LogP contribution in [0, 0.1) is 0 Å². The van der Waals surface area contributed by atoms with Crippen LogP contribution in [0.1, 0.15) is 45.4 Å². The van der Waals surface area contributed by atoms with Gasteiger partial charge in [0.15, 0.2) is 0 Å². The molecule has 0 aromatic heterocycles. The number of hydrogen-bond acceptors (Lipinski definition) is 6. The van der Waals surface area contributed by atoms with Crippen LogP contribution in [-0.4, -0.2) is 76.3 Å². The number of nitrogens with one attached hydrogen (secondary N) is 3. The summed E-state index contributed by atoms with van der Waals surface area (Å²) in [7, 11) is 0. The maximum absolute atomic E-state index is 11.6.